The molecule has 0 aliphatic carbocycles. The Morgan fingerprint density at radius 1 is 0.750 bits per heavy atom. The van der Waals surface area contributed by atoms with E-state index in [9.17, 15) is 9.59 Å². The molecule has 0 heterocycles. The molecule has 0 saturated carbocycles. The van der Waals surface area contributed by atoms with E-state index in [0.717, 1.165) is 5.69 Å². The van der Waals surface area contributed by atoms with Crippen molar-refractivity contribution in [2.45, 2.75) is 0 Å². The van der Waals surface area contributed by atoms with Gasteiger partial charge < -0.3 is 4.90 Å². The van der Waals surface area contributed by atoms with Crippen molar-refractivity contribution >= 4 is 46.8 Å². The summed E-state index contributed by atoms with van der Waals surface area (Å²) in [6.07, 6.45) is 0. The number of rotatable bonds is 4. The molecule has 0 spiro atoms. The zero-order valence-corrected chi connectivity index (χ0v) is 14.0. The van der Waals surface area contributed by atoms with Gasteiger partial charge in [0.25, 0.3) is 0 Å². The van der Waals surface area contributed by atoms with Crippen molar-refractivity contribution < 1.29 is 9.59 Å². The van der Waals surface area contributed by atoms with Crippen molar-refractivity contribution in [3.63, 3.8) is 0 Å². The number of benzene rings is 2. The molecular formula is C16H15NNaO2. The second-order valence-corrected chi connectivity index (χ2v) is 4.47. The van der Waals surface area contributed by atoms with Gasteiger partial charge in [0.2, 0.25) is 11.6 Å². The number of anilines is 1. The standard InChI is InChI=1S/C16H15NO2.Na/c1-17(2)14-10-8-13(9-11-14)16(19)15(18)12-6-4-3-5-7-12;/h3-11H,1-2H3;. The van der Waals surface area contributed by atoms with Gasteiger partial charge in [0.05, 0.1) is 0 Å². The van der Waals surface area contributed by atoms with Crippen LogP contribution in [0.25, 0.3) is 0 Å². The number of Topliss-reactive ketones (excluding diaryl/α,β-unsaturated/α-hetero) is 2. The molecule has 97 valence electrons. The predicted octanol–water partition coefficient (Wildman–Crippen LogP) is 2.44. The van der Waals surface area contributed by atoms with Gasteiger partial charge >= 0.3 is 0 Å². The Morgan fingerprint density at radius 3 is 1.65 bits per heavy atom. The molecule has 0 unspecified atom stereocenters. The van der Waals surface area contributed by atoms with Gasteiger partial charge in [-0.05, 0) is 24.3 Å². The summed E-state index contributed by atoms with van der Waals surface area (Å²) in [5, 5.41) is 0. The predicted molar refractivity (Wildman–Crippen MR) is 81.6 cm³/mol. The summed E-state index contributed by atoms with van der Waals surface area (Å²) in [5.74, 6) is -0.949. The van der Waals surface area contributed by atoms with Crippen LogP contribution in [0.5, 0.6) is 0 Å². The van der Waals surface area contributed by atoms with Gasteiger partial charge in [0.1, 0.15) is 0 Å². The second kappa shape index (κ2) is 7.39. The maximum Gasteiger partial charge on any atom is 0.233 e. The number of carbonyl (C=O) groups excluding carboxylic acids is 2. The Hall–Kier alpha value is -1.42. The zero-order valence-electron chi connectivity index (χ0n) is 12.0. The topological polar surface area (TPSA) is 37.4 Å². The van der Waals surface area contributed by atoms with Crippen LogP contribution >= 0.6 is 0 Å². The molecule has 1 radical (unpaired) electrons. The minimum absolute atomic E-state index is 0. The van der Waals surface area contributed by atoms with E-state index in [1.54, 1.807) is 36.4 Å². The third-order valence-corrected chi connectivity index (χ3v) is 2.89. The van der Waals surface area contributed by atoms with Gasteiger partial charge in [-0.15, -0.1) is 0 Å². The second-order valence-electron chi connectivity index (χ2n) is 4.47. The van der Waals surface area contributed by atoms with Crippen LogP contribution in [0.4, 0.5) is 5.69 Å². The summed E-state index contributed by atoms with van der Waals surface area (Å²) >= 11 is 0. The molecule has 0 fully saturated rings. The summed E-state index contributed by atoms with van der Waals surface area (Å²) in [7, 11) is 3.85. The minimum atomic E-state index is -0.475. The number of hydrogen-bond acceptors (Lipinski definition) is 3. The van der Waals surface area contributed by atoms with Crippen molar-refractivity contribution in [2.24, 2.45) is 0 Å². The third kappa shape index (κ3) is 3.79. The molecule has 4 heteroatoms. The van der Waals surface area contributed by atoms with Gasteiger partial charge in [-0.3, -0.25) is 9.59 Å². The molecule has 0 amide bonds. The Bertz CT molecular complexity index is 592. The fourth-order valence-electron chi connectivity index (χ4n) is 1.76. The van der Waals surface area contributed by atoms with Crippen LogP contribution in [0.2, 0.25) is 0 Å². The molecule has 0 aromatic heterocycles. The average molecular weight is 276 g/mol. The van der Waals surface area contributed by atoms with E-state index in [4.69, 9.17) is 0 Å². The minimum Gasteiger partial charge on any atom is -0.378 e. The molecule has 0 aliphatic heterocycles. The molecule has 0 aliphatic rings. The van der Waals surface area contributed by atoms with Crippen LogP contribution < -0.4 is 4.90 Å². The smallest absolute Gasteiger partial charge is 0.233 e. The van der Waals surface area contributed by atoms with Crippen molar-refractivity contribution in [3.05, 3.63) is 65.7 Å². The van der Waals surface area contributed by atoms with E-state index in [2.05, 4.69) is 0 Å². The summed E-state index contributed by atoms with van der Waals surface area (Å²) in [4.78, 5) is 26.0. The molecule has 2 aromatic carbocycles. The van der Waals surface area contributed by atoms with Crippen molar-refractivity contribution in [1.29, 1.82) is 0 Å². The van der Waals surface area contributed by atoms with Crippen LogP contribution in [-0.2, 0) is 0 Å². The first kappa shape index (κ1) is 16.6. The maximum atomic E-state index is 12.1. The molecule has 2 rings (SSSR count). The summed E-state index contributed by atoms with van der Waals surface area (Å²) in [6, 6.07) is 15.6. The molecule has 0 N–H and O–H groups in total. The molecule has 0 bridgehead atoms. The first-order chi connectivity index (χ1) is 9.09. The Labute approximate surface area is 140 Å². The Kier molecular flexibility index (Phi) is 6.14. The van der Waals surface area contributed by atoms with E-state index in [1.807, 2.05) is 37.2 Å². The maximum absolute atomic E-state index is 12.1. The fraction of sp³-hybridized carbons (Fsp3) is 0.125. The zero-order chi connectivity index (χ0) is 13.8. The van der Waals surface area contributed by atoms with E-state index in [0.29, 0.717) is 11.1 Å². The van der Waals surface area contributed by atoms with Gasteiger partial charge in [-0.2, -0.15) is 0 Å². The van der Waals surface area contributed by atoms with E-state index in [-0.39, 0.29) is 29.6 Å². The number of carbonyl (C=O) groups is 2. The summed E-state index contributed by atoms with van der Waals surface area (Å²) < 4.78 is 0. The van der Waals surface area contributed by atoms with E-state index < -0.39 is 11.6 Å². The van der Waals surface area contributed by atoms with Gasteiger partial charge in [0.15, 0.2) is 0 Å². The van der Waals surface area contributed by atoms with Crippen LogP contribution in [0.3, 0.4) is 0 Å². The van der Waals surface area contributed by atoms with Crippen LogP contribution in [0.15, 0.2) is 54.6 Å². The van der Waals surface area contributed by atoms with Crippen LogP contribution in [0, 0.1) is 0 Å². The molecule has 0 atom stereocenters. The van der Waals surface area contributed by atoms with Crippen molar-refractivity contribution in [3.8, 4) is 0 Å². The van der Waals surface area contributed by atoms with Crippen LogP contribution in [0.1, 0.15) is 20.7 Å². The first-order valence-electron chi connectivity index (χ1n) is 6.01. The van der Waals surface area contributed by atoms with Gasteiger partial charge in [-0.1, -0.05) is 30.3 Å². The van der Waals surface area contributed by atoms with E-state index in [1.165, 1.54) is 0 Å². The largest absolute Gasteiger partial charge is 0.378 e. The Balaban J connectivity index is 0.00000200. The number of nitrogens with zero attached hydrogens (tertiary/aromatic N) is 1. The summed E-state index contributed by atoms with van der Waals surface area (Å²) in [5.41, 5.74) is 1.83. The van der Waals surface area contributed by atoms with Crippen LogP contribution in [-0.4, -0.2) is 55.2 Å². The van der Waals surface area contributed by atoms with Crippen molar-refractivity contribution in [2.75, 3.05) is 19.0 Å². The van der Waals surface area contributed by atoms with Crippen molar-refractivity contribution in [1.82, 2.24) is 0 Å². The van der Waals surface area contributed by atoms with Gasteiger partial charge in [0, 0.05) is 60.5 Å². The average Bonchev–Trinajstić information content (AvgIpc) is 2.46. The SMILES string of the molecule is CN(C)c1ccc(C(=O)C(=O)c2ccccc2)cc1.[Na]. The monoisotopic (exact) mass is 276 g/mol. The Morgan fingerprint density at radius 2 is 1.20 bits per heavy atom. The molecule has 0 saturated heterocycles. The quantitative estimate of drug-likeness (QED) is 0.489. The molecule has 2 aromatic rings. The third-order valence-electron chi connectivity index (χ3n) is 2.89. The van der Waals surface area contributed by atoms with E-state index >= 15 is 0 Å². The fourth-order valence-corrected chi connectivity index (χ4v) is 1.76. The normalized spacial score (nSPS) is 9.50. The molecule has 3 nitrogen and oxygen atoms in total. The summed E-state index contributed by atoms with van der Waals surface area (Å²) in [6.45, 7) is 0. The van der Waals surface area contributed by atoms with Gasteiger partial charge in [-0.25, -0.2) is 0 Å². The molecular weight excluding hydrogens is 261 g/mol. The number of ketones is 2. The molecule has 20 heavy (non-hydrogen) atoms. The number of hydrogen-bond donors (Lipinski definition) is 0. The first-order valence-corrected chi connectivity index (χ1v) is 6.01.